The SMILES string of the molecule is CCC(O)COc1ccc(C(c2ccc(OC)cc2)(C(F)(F)F)C(F)(F)F)cc1. The van der Waals surface area contributed by atoms with Crippen molar-refractivity contribution < 1.29 is 40.9 Å². The molecule has 0 spiro atoms. The zero-order valence-corrected chi connectivity index (χ0v) is 15.6. The Labute approximate surface area is 163 Å². The zero-order valence-electron chi connectivity index (χ0n) is 15.6. The molecule has 1 unspecified atom stereocenters. The first kappa shape index (κ1) is 22.9. The standard InChI is InChI=1S/C20H20F6O3/c1-3-15(27)12-29-17-10-6-14(7-11-17)18(19(21,22)23,20(24,25)26)13-4-8-16(28-2)9-5-13/h4-11,15,27H,3,12H2,1-2H3. The molecule has 0 aliphatic rings. The highest BCUT2D eigenvalue weighted by Crippen LogP contribution is 2.56. The van der Waals surface area contributed by atoms with E-state index < -0.39 is 35.0 Å². The molecular formula is C20H20F6O3. The number of halogens is 6. The van der Waals surface area contributed by atoms with Crippen LogP contribution >= 0.6 is 0 Å². The highest BCUT2D eigenvalue weighted by Gasteiger charge is 2.72. The topological polar surface area (TPSA) is 38.7 Å². The lowest BCUT2D eigenvalue weighted by Crippen LogP contribution is -2.54. The van der Waals surface area contributed by atoms with Crippen LogP contribution in [0.2, 0.25) is 0 Å². The predicted molar refractivity (Wildman–Crippen MR) is 94.1 cm³/mol. The van der Waals surface area contributed by atoms with Crippen molar-refractivity contribution in [2.45, 2.75) is 37.2 Å². The monoisotopic (exact) mass is 422 g/mol. The minimum Gasteiger partial charge on any atom is -0.497 e. The summed E-state index contributed by atoms with van der Waals surface area (Å²) in [7, 11) is 1.25. The number of rotatable bonds is 7. The van der Waals surface area contributed by atoms with Crippen LogP contribution in [0.4, 0.5) is 26.3 Å². The maximum absolute atomic E-state index is 14.0. The average molecular weight is 422 g/mol. The van der Waals surface area contributed by atoms with E-state index in [1.165, 1.54) is 7.11 Å². The number of hydrogen-bond donors (Lipinski definition) is 1. The molecule has 160 valence electrons. The van der Waals surface area contributed by atoms with Gasteiger partial charge in [-0.2, -0.15) is 26.3 Å². The van der Waals surface area contributed by atoms with E-state index in [4.69, 9.17) is 9.47 Å². The van der Waals surface area contributed by atoms with E-state index in [1.54, 1.807) is 6.92 Å². The summed E-state index contributed by atoms with van der Waals surface area (Å²) in [6.45, 7) is 1.57. The first-order chi connectivity index (χ1) is 13.5. The fraction of sp³-hybridized carbons (Fsp3) is 0.400. The number of hydrogen-bond acceptors (Lipinski definition) is 3. The van der Waals surface area contributed by atoms with Crippen LogP contribution in [0.5, 0.6) is 11.5 Å². The smallest absolute Gasteiger partial charge is 0.411 e. The minimum absolute atomic E-state index is 0.0502. The molecule has 2 rings (SSSR count). The molecule has 0 saturated heterocycles. The molecule has 0 heterocycles. The Hall–Kier alpha value is -2.42. The Morgan fingerprint density at radius 3 is 1.55 bits per heavy atom. The Bertz CT molecular complexity index is 768. The molecule has 1 atom stereocenters. The highest BCUT2D eigenvalue weighted by atomic mass is 19.4. The van der Waals surface area contributed by atoms with Crippen LogP contribution in [0.1, 0.15) is 24.5 Å². The van der Waals surface area contributed by atoms with Crippen molar-refractivity contribution in [1.82, 2.24) is 0 Å². The van der Waals surface area contributed by atoms with Gasteiger partial charge in [-0.1, -0.05) is 31.2 Å². The van der Waals surface area contributed by atoms with E-state index in [0.717, 1.165) is 48.5 Å². The number of aliphatic hydroxyl groups is 1. The van der Waals surface area contributed by atoms with Crippen LogP contribution in [0.15, 0.2) is 48.5 Å². The Kier molecular flexibility index (Phi) is 6.72. The molecule has 0 amide bonds. The second-order valence-corrected chi connectivity index (χ2v) is 6.37. The predicted octanol–water partition coefficient (Wildman–Crippen LogP) is 5.26. The van der Waals surface area contributed by atoms with Gasteiger partial charge < -0.3 is 14.6 Å². The molecule has 0 aliphatic carbocycles. The fourth-order valence-corrected chi connectivity index (χ4v) is 2.93. The van der Waals surface area contributed by atoms with Gasteiger partial charge in [-0.05, 0) is 41.8 Å². The molecule has 0 aliphatic heterocycles. The summed E-state index contributed by atoms with van der Waals surface area (Å²) >= 11 is 0. The molecule has 0 fully saturated rings. The first-order valence-corrected chi connectivity index (χ1v) is 8.66. The summed E-state index contributed by atoms with van der Waals surface area (Å²) in [5.41, 5.74) is -6.20. The summed E-state index contributed by atoms with van der Waals surface area (Å²) in [5, 5.41) is 9.48. The van der Waals surface area contributed by atoms with Gasteiger partial charge >= 0.3 is 12.4 Å². The Morgan fingerprint density at radius 1 is 0.793 bits per heavy atom. The second kappa shape index (κ2) is 8.52. The molecule has 9 heteroatoms. The minimum atomic E-state index is -5.67. The van der Waals surface area contributed by atoms with Gasteiger partial charge in [0, 0.05) is 0 Å². The van der Waals surface area contributed by atoms with Crippen molar-refractivity contribution in [1.29, 1.82) is 0 Å². The van der Waals surface area contributed by atoms with Gasteiger partial charge in [-0.25, -0.2) is 0 Å². The maximum Gasteiger partial charge on any atom is 0.411 e. The fourth-order valence-electron chi connectivity index (χ4n) is 2.93. The van der Waals surface area contributed by atoms with E-state index in [9.17, 15) is 31.4 Å². The number of aliphatic hydroxyl groups excluding tert-OH is 1. The quantitative estimate of drug-likeness (QED) is 0.619. The zero-order chi connectivity index (χ0) is 21.9. The lowest BCUT2D eigenvalue weighted by molar-refractivity contribution is -0.288. The van der Waals surface area contributed by atoms with Crippen molar-refractivity contribution in [2.75, 3.05) is 13.7 Å². The molecule has 29 heavy (non-hydrogen) atoms. The largest absolute Gasteiger partial charge is 0.497 e. The number of alkyl halides is 6. The Morgan fingerprint density at radius 2 is 1.21 bits per heavy atom. The number of methoxy groups -OCH3 is 1. The molecule has 2 aromatic rings. The third kappa shape index (κ3) is 4.44. The third-order valence-electron chi connectivity index (χ3n) is 4.57. The summed E-state index contributed by atoms with van der Waals surface area (Å²) in [4.78, 5) is 0. The van der Waals surface area contributed by atoms with Crippen molar-refractivity contribution in [3.8, 4) is 11.5 Å². The molecule has 2 aromatic carbocycles. The van der Waals surface area contributed by atoms with Crippen LogP contribution in [-0.2, 0) is 5.41 Å². The molecule has 0 bridgehead atoms. The van der Waals surface area contributed by atoms with Gasteiger partial charge in [0.2, 0.25) is 5.41 Å². The van der Waals surface area contributed by atoms with Gasteiger partial charge in [0.05, 0.1) is 13.2 Å². The molecule has 0 aromatic heterocycles. The maximum atomic E-state index is 14.0. The highest BCUT2D eigenvalue weighted by molar-refractivity contribution is 5.47. The molecule has 0 radical (unpaired) electrons. The summed E-state index contributed by atoms with van der Waals surface area (Å²) < 4.78 is 94.1. The first-order valence-electron chi connectivity index (χ1n) is 8.66. The van der Waals surface area contributed by atoms with E-state index >= 15 is 0 Å². The van der Waals surface area contributed by atoms with Crippen LogP contribution in [0.3, 0.4) is 0 Å². The van der Waals surface area contributed by atoms with Crippen LogP contribution in [0.25, 0.3) is 0 Å². The van der Waals surface area contributed by atoms with E-state index in [1.807, 2.05) is 0 Å². The van der Waals surface area contributed by atoms with E-state index in [2.05, 4.69) is 0 Å². The lowest BCUT2D eigenvalue weighted by atomic mass is 9.73. The van der Waals surface area contributed by atoms with E-state index in [0.29, 0.717) is 6.42 Å². The Balaban J connectivity index is 2.58. The molecule has 0 saturated carbocycles. The van der Waals surface area contributed by atoms with Gasteiger partial charge in [0.1, 0.15) is 18.1 Å². The van der Waals surface area contributed by atoms with Crippen LogP contribution in [0, 0.1) is 0 Å². The van der Waals surface area contributed by atoms with Crippen molar-refractivity contribution in [2.24, 2.45) is 0 Å². The lowest BCUT2D eigenvalue weighted by Gasteiger charge is -2.38. The summed E-state index contributed by atoms with van der Waals surface area (Å²) in [6, 6.07) is 7.11. The summed E-state index contributed by atoms with van der Waals surface area (Å²) in [5.74, 6) is 0.180. The van der Waals surface area contributed by atoms with Crippen LogP contribution in [-0.4, -0.2) is 37.3 Å². The van der Waals surface area contributed by atoms with Gasteiger partial charge in [0.25, 0.3) is 0 Å². The average Bonchev–Trinajstić information content (AvgIpc) is 2.66. The third-order valence-corrected chi connectivity index (χ3v) is 4.57. The number of ether oxygens (including phenoxy) is 2. The molecule has 3 nitrogen and oxygen atoms in total. The van der Waals surface area contributed by atoms with Gasteiger partial charge in [0.15, 0.2) is 0 Å². The van der Waals surface area contributed by atoms with Crippen molar-refractivity contribution in [3.63, 3.8) is 0 Å². The summed E-state index contributed by atoms with van der Waals surface area (Å²) in [6.07, 6.45) is -11.7. The van der Waals surface area contributed by atoms with Crippen LogP contribution < -0.4 is 9.47 Å². The molecule has 1 N–H and O–H groups in total. The van der Waals surface area contributed by atoms with Gasteiger partial charge in [-0.15, -0.1) is 0 Å². The number of benzene rings is 2. The molecular weight excluding hydrogens is 402 g/mol. The normalized spacial score (nSPS) is 13.8. The van der Waals surface area contributed by atoms with Crippen molar-refractivity contribution >= 4 is 0 Å². The van der Waals surface area contributed by atoms with Gasteiger partial charge in [-0.3, -0.25) is 0 Å². The second-order valence-electron chi connectivity index (χ2n) is 6.37. The van der Waals surface area contributed by atoms with E-state index in [-0.39, 0.29) is 18.1 Å². The van der Waals surface area contributed by atoms with Crippen molar-refractivity contribution in [3.05, 3.63) is 59.7 Å².